The van der Waals surface area contributed by atoms with Gasteiger partial charge in [-0.2, -0.15) is 11.8 Å². The van der Waals surface area contributed by atoms with Gasteiger partial charge in [-0.1, -0.05) is 36.4 Å². The summed E-state index contributed by atoms with van der Waals surface area (Å²) < 4.78 is 5.91. The number of ether oxygens (including phenoxy) is 1. The second-order valence-electron chi connectivity index (χ2n) is 4.86. The predicted molar refractivity (Wildman–Crippen MR) is 82.8 cm³/mol. The fraction of sp³-hybridized carbons (Fsp3) is 0.375. The van der Waals surface area contributed by atoms with Gasteiger partial charge in [0.25, 0.3) is 0 Å². The van der Waals surface area contributed by atoms with E-state index in [1.165, 1.54) is 16.3 Å². The molecule has 0 aromatic heterocycles. The molecule has 3 heteroatoms. The van der Waals surface area contributed by atoms with Gasteiger partial charge >= 0.3 is 0 Å². The summed E-state index contributed by atoms with van der Waals surface area (Å²) in [5.74, 6) is 2.18. The van der Waals surface area contributed by atoms with Crippen molar-refractivity contribution in [1.29, 1.82) is 0 Å². The molecule has 2 nitrogen and oxygen atoms in total. The van der Waals surface area contributed by atoms with Crippen molar-refractivity contribution >= 4 is 22.5 Å². The molecule has 0 aliphatic carbocycles. The Morgan fingerprint density at radius 3 is 2.79 bits per heavy atom. The van der Waals surface area contributed by atoms with Crippen LogP contribution in [0.4, 0.5) is 0 Å². The van der Waals surface area contributed by atoms with Crippen LogP contribution in [0.25, 0.3) is 10.8 Å². The number of fused-ring (bicyclic) bond motifs is 1. The first kappa shape index (κ1) is 13.0. The normalized spacial score (nSPS) is 21.4. The minimum absolute atomic E-state index is 0.268. The highest BCUT2D eigenvalue weighted by Crippen LogP contribution is 2.27. The molecule has 2 unspecified atom stereocenters. The van der Waals surface area contributed by atoms with Crippen LogP contribution in [-0.4, -0.2) is 31.3 Å². The van der Waals surface area contributed by atoms with E-state index in [9.17, 15) is 0 Å². The van der Waals surface area contributed by atoms with Crippen molar-refractivity contribution < 1.29 is 4.74 Å². The molecular weight excluding hydrogens is 254 g/mol. The number of thioether (sulfide) groups is 1. The average molecular weight is 273 g/mol. The van der Waals surface area contributed by atoms with Gasteiger partial charge in [0, 0.05) is 11.5 Å². The number of benzene rings is 2. The SMILES string of the molecule is CNC(c1ccc2ccccc2c1)C1CSCCO1. The molecule has 0 saturated carbocycles. The number of nitrogens with one attached hydrogen (secondary N) is 1. The standard InChI is InChI=1S/C16H19NOS/c1-17-16(15-11-19-9-8-18-15)14-7-6-12-4-2-3-5-13(12)10-14/h2-7,10,15-17H,8-9,11H2,1H3. The Balaban J connectivity index is 1.91. The monoisotopic (exact) mass is 273 g/mol. The molecule has 2 aromatic carbocycles. The molecule has 3 rings (SSSR count). The molecule has 0 radical (unpaired) electrons. The topological polar surface area (TPSA) is 21.3 Å². The summed E-state index contributed by atoms with van der Waals surface area (Å²) in [4.78, 5) is 0. The lowest BCUT2D eigenvalue weighted by molar-refractivity contribution is 0.0489. The maximum absolute atomic E-state index is 5.91. The Morgan fingerprint density at radius 1 is 1.21 bits per heavy atom. The molecule has 2 atom stereocenters. The summed E-state index contributed by atoms with van der Waals surface area (Å²) in [7, 11) is 2.02. The molecule has 2 aromatic rings. The maximum Gasteiger partial charge on any atom is 0.0860 e. The zero-order valence-corrected chi connectivity index (χ0v) is 12.0. The van der Waals surface area contributed by atoms with Gasteiger partial charge in [0.15, 0.2) is 0 Å². The second-order valence-corrected chi connectivity index (χ2v) is 6.01. The highest BCUT2D eigenvalue weighted by atomic mass is 32.2. The summed E-state index contributed by atoms with van der Waals surface area (Å²) in [6.45, 7) is 0.862. The lowest BCUT2D eigenvalue weighted by Gasteiger charge is -2.30. The third-order valence-corrected chi connectivity index (χ3v) is 4.68. The van der Waals surface area contributed by atoms with E-state index in [1.807, 2.05) is 18.8 Å². The van der Waals surface area contributed by atoms with Gasteiger partial charge in [-0.05, 0) is 29.4 Å². The molecule has 1 heterocycles. The highest BCUT2D eigenvalue weighted by molar-refractivity contribution is 7.99. The van der Waals surface area contributed by atoms with E-state index in [0.717, 1.165) is 18.1 Å². The van der Waals surface area contributed by atoms with Crippen molar-refractivity contribution in [2.45, 2.75) is 12.1 Å². The van der Waals surface area contributed by atoms with Gasteiger partial charge in [0.1, 0.15) is 0 Å². The minimum Gasteiger partial charge on any atom is -0.375 e. The van der Waals surface area contributed by atoms with Gasteiger partial charge in [-0.15, -0.1) is 0 Å². The highest BCUT2D eigenvalue weighted by Gasteiger charge is 2.25. The van der Waals surface area contributed by atoms with Gasteiger partial charge in [-0.25, -0.2) is 0 Å². The minimum atomic E-state index is 0.268. The van der Waals surface area contributed by atoms with E-state index in [1.54, 1.807) is 0 Å². The van der Waals surface area contributed by atoms with Crippen LogP contribution in [0.3, 0.4) is 0 Å². The Bertz CT molecular complexity index is 551. The Morgan fingerprint density at radius 2 is 2.05 bits per heavy atom. The van der Waals surface area contributed by atoms with Crippen molar-refractivity contribution in [3.8, 4) is 0 Å². The van der Waals surface area contributed by atoms with Gasteiger partial charge < -0.3 is 10.1 Å². The van der Waals surface area contributed by atoms with Crippen LogP contribution in [-0.2, 0) is 4.74 Å². The number of rotatable bonds is 3. The van der Waals surface area contributed by atoms with Crippen molar-refractivity contribution in [1.82, 2.24) is 5.32 Å². The van der Waals surface area contributed by atoms with Crippen LogP contribution in [0.5, 0.6) is 0 Å². The molecule has 1 fully saturated rings. The van der Waals surface area contributed by atoms with Crippen LogP contribution in [0, 0.1) is 0 Å². The summed E-state index contributed by atoms with van der Waals surface area (Å²) in [6.07, 6.45) is 0.268. The number of likely N-dealkylation sites (N-methyl/N-ethyl adjacent to an activating group) is 1. The maximum atomic E-state index is 5.91. The Hall–Kier alpha value is -1.03. The zero-order chi connectivity index (χ0) is 13.1. The third kappa shape index (κ3) is 2.78. The van der Waals surface area contributed by atoms with Gasteiger partial charge in [0.2, 0.25) is 0 Å². The Kier molecular flexibility index (Phi) is 4.06. The predicted octanol–water partition coefficient (Wildman–Crippen LogP) is 3.23. The lowest BCUT2D eigenvalue weighted by atomic mass is 9.98. The summed E-state index contributed by atoms with van der Waals surface area (Å²) >= 11 is 1.98. The first-order valence-electron chi connectivity index (χ1n) is 6.74. The van der Waals surface area contributed by atoms with Crippen LogP contribution in [0.2, 0.25) is 0 Å². The number of hydrogen-bond acceptors (Lipinski definition) is 3. The summed E-state index contributed by atoms with van der Waals surface area (Å²) in [5, 5.41) is 6.00. The smallest absolute Gasteiger partial charge is 0.0860 e. The van der Waals surface area contributed by atoms with Crippen LogP contribution >= 0.6 is 11.8 Å². The average Bonchev–Trinajstić information content (AvgIpc) is 2.49. The van der Waals surface area contributed by atoms with E-state index < -0.39 is 0 Å². The molecule has 19 heavy (non-hydrogen) atoms. The fourth-order valence-corrected chi connectivity index (χ4v) is 3.57. The molecular formula is C16H19NOS. The van der Waals surface area contributed by atoms with Gasteiger partial charge in [0.05, 0.1) is 18.8 Å². The fourth-order valence-electron chi connectivity index (χ4n) is 2.67. The molecule has 1 saturated heterocycles. The molecule has 1 aliphatic rings. The largest absolute Gasteiger partial charge is 0.375 e. The molecule has 100 valence electrons. The second kappa shape index (κ2) is 5.95. The first-order valence-corrected chi connectivity index (χ1v) is 7.89. The third-order valence-electron chi connectivity index (χ3n) is 3.66. The van der Waals surface area contributed by atoms with Crippen molar-refractivity contribution in [3.05, 3.63) is 48.0 Å². The Labute approximate surface area is 118 Å². The zero-order valence-electron chi connectivity index (χ0n) is 11.1. The quantitative estimate of drug-likeness (QED) is 0.927. The van der Waals surface area contributed by atoms with Crippen molar-refractivity contribution in [3.63, 3.8) is 0 Å². The van der Waals surface area contributed by atoms with E-state index >= 15 is 0 Å². The van der Waals surface area contributed by atoms with Crippen LogP contribution in [0.15, 0.2) is 42.5 Å². The first-order chi connectivity index (χ1) is 9.38. The van der Waals surface area contributed by atoms with E-state index in [0.29, 0.717) is 0 Å². The lowest BCUT2D eigenvalue weighted by Crippen LogP contribution is -2.36. The number of hydrogen-bond donors (Lipinski definition) is 1. The van der Waals surface area contributed by atoms with Crippen LogP contribution < -0.4 is 5.32 Å². The molecule has 1 N–H and O–H groups in total. The molecule has 0 spiro atoms. The molecule has 1 aliphatic heterocycles. The van der Waals surface area contributed by atoms with E-state index in [2.05, 4.69) is 47.8 Å². The summed E-state index contributed by atoms with van der Waals surface area (Å²) in [6, 6.07) is 15.5. The van der Waals surface area contributed by atoms with Crippen molar-refractivity contribution in [2.24, 2.45) is 0 Å². The van der Waals surface area contributed by atoms with E-state index in [-0.39, 0.29) is 12.1 Å². The molecule has 0 bridgehead atoms. The van der Waals surface area contributed by atoms with Crippen molar-refractivity contribution in [2.75, 3.05) is 25.2 Å². The van der Waals surface area contributed by atoms with E-state index in [4.69, 9.17) is 4.74 Å². The van der Waals surface area contributed by atoms with Crippen LogP contribution in [0.1, 0.15) is 11.6 Å². The summed E-state index contributed by atoms with van der Waals surface area (Å²) in [5.41, 5.74) is 1.31. The molecule has 0 amide bonds. The van der Waals surface area contributed by atoms with Gasteiger partial charge in [-0.3, -0.25) is 0 Å².